The molecule has 1 aliphatic heterocycles. The minimum absolute atomic E-state index is 0. The Morgan fingerprint density at radius 3 is 1.29 bits per heavy atom. The van der Waals surface area contributed by atoms with Gasteiger partial charge in [-0.15, -0.1) is 0 Å². The molecule has 2 aromatic carbocycles. The standard InChI is InChI=1S/C12H15NO3.C12H13NO2.C5H5N.2C5H12.C3H3N.W/c1-12(2,3)13-10(14)8-6-4-5-7-9(8)11(15)16;1-12(2,3)13-10(14)8-6-4-5-7-9(8)11(13)15;1-2-4-6-5-3-1;2*1-5(2,3)4;1-3-4-2;/h4-7H,1-3H3,(H,13,14)(H,15,16);4-7H,1-3H3;1-5H;2*1-4H3;1-3H;/q;;;;;-2;+2. The van der Waals surface area contributed by atoms with Crippen LogP contribution in [-0.2, 0) is 21.1 Å². The minimum Gasteiger partial charge on any atom is -0.601 e. The largest absolute Gasteiger partial charge is 2.00 e. The van der Waals surface area contributed by atoms with Crippen LogP contribution in [0, 0.1) is 17.4 Å². The van der Waals surface area contributed by atoms with Crippen LogP contribution in [0.25, 0.3) is 0 Å². The van der Waals surface area contributed by atoms with E-state index in [1.54, 1.807) is 48.8 Å². The molecule has 2 heterocycles. The number of aromatic nitrogens is 1. The number of pyridine rings is 1. The molecule has 3 aromatic rings. The molecule has 3 amide bonds. The fourth-order valence-electron chi connectivity index (χ4n) is 3.39. The number of carboxylic acid groups (broad SMARTS) is 1. The van der Waals surface area contributed by atoms with Crippen LogP contribution in [0.15, 0.2) is 90.3 Å². The predicted octanol–water partition coefficient (Wildman–Crippen LogP) is 9.69. The Labute approximate surface area is 327 Å². The van der Waals surface area contributed by atoms with Crippen molar-refractivity contribution in [3.8, 4) is 0 Å². The monoisotopic (exact) mass is 884 g/mol. The van der Waals surface area contributed by atoms with Gasteiger partial charge in [0.05, 0.1) is 22.3 Å². The molecule has 1 aromatic heterocycles. The fraction of sp³-hybridized carbons (Fsp3) is 0.429. The molecule has 0 spiro atoms. The van der Waals surface area contributed by atoms with Crippen molar-refractivity contribution < 1.29 is 45.3 Å². The number of nitrogens with zero attached hydrogens (tertiary/aromatic N) is 3. The minimum atomic E-state index is -1.10. The summed E-state index contributed by atoms with van der Waals surface area (Å²) in [6.07, 6.45) is 4.53. The van der Waals surface area contributed by atoms with Crippen molar-refractivity contribution in [1.82, 2.24) is 15.2 Å². The normalized spacial score (nSPS) is 11.5. The zero-order valence-electron chi connectivity index (χ0n) is 33.6. The van der Waals surface area contributed by atoms with E-state index in [0.717, 1.165) is 6.20 Å². The zero-order valence-corrected chi connectivity index (χ0v) is 36.5. The average Bonchev–Trinajstić information content (AvgIpc) is 3.26. The number of hydrogen-bond acceptors (Lipinski definition) is 6. The number of carboxylic acids is 1. The number of aromatic carboxylic acids is 1. The second-order valence-electron chi connectivity index (χ2n) is 16.5. The summed E-state index contributed by atoms with van der Waals surface area (Å²) in [5, 5.41) is 11.7. The topological polar surface area (TPSA) is 129 Å². The second-order valence-corrected chi connectivity index (χ2v) is 16.5. The number of nitrogens with one attached hydrogen (secondary N) is 1. The van der Waals surface area contributed by atoms with E-state index in [4.69, 9.17) is 5.11 Å². The van der Waals surface area contributed by atoms with Crippen molar-refractivity contribution in [3.05, 3.63) is 114 Å². The molecule has 9 nitrogen and oxygen atoms in total. The van der Waals surface area contributed by atoms with Gasteiger partial charge < -0.3 is 28.2 Å². The van der Waals surface area contributed by atoms with Gasteiger partial charge >= 0.3 is 27.0 Å². The van der Waals surface area contributed by atoms with Crippen molar-refractivity contribution in [2.75, 3.05) is 0 Å². The molecular formula is C42H60N4O5W. The van der Waals surface area contributed by atoms with Gasteiger partial charge in [-0.2, -0.15) is 6.72 Å². The van der Waals surface area contributed by atoms with Crippen LogP contribution in [0.5, 0.6) is 0 Å². The van der Waals surface area contributed by atoms with Crippen LogP contribution in [-0.4, -0.2) is 56.5 Å². The Bertz CT molecular complexity index is 1450. The van der Waals surface area contributed by atoms with E-state index in [9.17, 15) is 19.2 Å². The van der Waals surface area contributed by atoms with Gasteiger partial charge in [0.1, 0.15) is 0 Å². The first-order valence-corrected chi connectivity index (χ1v) is 16.6. The summed E-state index contributed by atoms with van der Waals surface area (Å²) in [5.41, 5.74) is 1.37. The second kappa shape index (κ2) is 24.1. The van der Waals surface area contributed by atoms with E-state index in [0.29, 0.717) is 22.0 Å². The van der Waals surface area contributed by atoms with E-state index in [1.807, 2.05) is 59.7 Å². The first kappa shape index (κ1) is 52.1. The molecule has 0 bridgehead atoms. The van der Waals surface area contributed by atoms with Crippen LogP contribution in [0.4, 0.5) is 0 Å². The van der Waals surface area contributed by atoms with Crippen molar-refractivity contribution in [3.63, 3.8) is 0 Å². The van der Waals surface area contributed by atoms with E-state index < -0.39 is 11.5 Å². The van der Waals surface area contributed by atoms with Crippen LogP contribution in [0.1, 0.15) is 138 Å². The van der Waals surface area contributed by atoms with Gasteiger partial charge in [0.2, 0.25) is 0 Å². The van der Waals surface area contributed by atoms with Crippen LogP contribution < -0.4 is 5.32 Å². The maximum atomic E-state index is 12.0. The number of amides is 3. The summed E-state index contributed by atoms with van der Waals surface area (Å²) in [7, 11) is 0. The number of imide groups is 1. The molecule has 4 rings (SSSR count). The Hall–Kier alpha value is -4.23. The number of hydrogen-bond donors (Lipinski definition) is 2. The van der Waals surface area contributed by atoms with Gasteiger partial charge in [0.25, 0.3) is 17.7 Å². The maximum Gasteiger partial charge on any atom is 2.00 e. The summed E-state index contributed by atoms with van der Waals surface area (Å²) in [6, 6.07) is 18.8. The molecule has 0 unspecified atom stereocenters. The Kier molecular flexibility index (Phi) is 24.2. The predicted molar refractivity (Wildman–Crippen MR) is 209 cm³/mol. The Balaban J connectivity index is -0.000000608. The van der Waals surface area contributed by atoms with Crippen molar-refractivity contribution in [2.45, 2.75) is 108 Å². The smallest absolute Gasteiger partial charge is 0.601 e. The third-order valence-electron chi connectivity index (χ3n) is 5.01. The van der Waals surface area contributed by atoms with E-state index in [-0.39, 0.29) is 55.5 Å². The van der Waals surface area contributed by atoms with E-state index >= 15 is 0 Å². The Morgan fingerprint density at radius 2 is 1.04 bits per heavy atom. The first-order chi connectivity index (χ1) is 23.2. The summed E-state index contributed by atoms with van der Waals surface area (Å²) < 4.78 is 0. The number of fused-ring (bicyclic) bond motifs is 1. The molecule has 10 heteroatoms. The number of benzene rings is 2. The SMILES string of the molecule is CC(C)(C)C.CC(C)(C)C.CC(C)(C)N1C(=O)c2ccccc2C1=O.CC(C)(C)NC(=O)c1ccccc1C(=O)O.[CH-]=CN=[CH-].[W+2].c1ccncc1. The molecule has 0 saturated carbocycles. The third kappa shape index (κ3) is 25.7. The van der Waals surface area contributed by atoms with Gasteiger partial charge in [-0.05, 0) is 88.8 Å². The zero-order chi connectivity index (χ0) is 40.2. The molecule has 0 fully saturated rings. The number of carbonyl (C=O) groups excluding carboxylic acids is 3. The number of rotatable bonds is 3. The van der Waals surface area contributed by atoms with Gasteiger partial charge in [0, 0.05) is 23.5 Å². The molecule has 0 saturated heterocycles. The molecule has 2 N–H and O–H groups in total. The average molecular weight is 885 g/mol. The van der Waals surface area contributed by atoms with Crippen molar-refractivity contribution >= 4 is 30.4 Å². The number of aliphatic imine (C=N–C) groups is 1. The summed E-state index contributed by atoms with van der Waals surface area (Å²) in [4.78, 5) is 54.6. The van der Waals surface area contributed by atoms with Crippen LogP contribution in [0.3, 0.4) is 0 Å². The molecule has 284 valence electrons. The molecule has 0 aliphatic carbocycles. The van der Waals surface area contributed by atoms with Gasteiger partial charge in [-0.1, -0.05) is 85.7 Å². The van der Waals surface area contributed by atoms with Crippen molar-refractivity contribution in [1.29, 1.82) is 0 Å². The van der Waals surface area contributed by atoms with Crippen LogP contribution >= 0.6 is 0 Å². The molecular weight excluding hydrogens is 824 g/mol. The van der Waals surface area contributed by atoms with Gasteiger partial charge in [-0.25, -0.2) is 4.79 Å². The molecule has 0 radical (unpaired) electrons. The third-order valence-corrected chi connectivity index (χ3v) is 5.01. The summed E-state index contributed by atoms with van der Waals surface area (Å²) in [5.74, 6) is -1.85. The van der Waals surface area contributed by atoms with E-state index in [1.165, 1.54) is 17.0 Å². The van der Waals surface area contributed by atoms with Crippen molar-refractivity contribution in [2.24, 2.45) is 15.8 Å². The first-order valence-electron chi connectivity index (χ1n) is 16.6. The molecule has 0 atom stereocenters. The quantitative estimate of drug-likeness (QED) is 0.153. The molecule has 1 aliphatic rings. The van der Waals surface area contributed by atoms with Gasteiger partial charge in [0.15, 0.2) is 0 Å². The van der Waals surface area contributed by atoms with E-state index in [2.05, 4.69) is 84.0 Å². The summed E-state index contributed by atoms with van der Waals surface area (Å²) >= 11 is 0. The molecule has 52 heavy (non-hydrogen) atoms. The fourth-order valence-corrected chi connectivity index (χ4v) is 3.39. The number of carbonyl (C=O) groups is 4. The maximum absolute atomic E-state index is 12.0. The van der Waals surface area contributed by atoms with Gasteiger partial charge in [-0.3, -0.25) is 24.3 Å². The Morgan fingerprint density at radius 1 is 0.692 bits per heavy atom. The summed E-state index contributed by atoms with van der Waals surface area (Å²) in [6.45, 7) is 37.7. The van der Waals surface area contributed by atoms with Crippen LogP contribution in [0.2, 0.25) is 0 Å².